The van der Waals surface area contributed by atoms with Gasteiger partial charge in [-0.2, -0.15) is 10.2 Å². The first-order valence-corrected chi connectivity index (χ1v) is 21.5. The zero-order valence-corrected chi connectivity index (χ0v) is 36.0. The molecular weight excluding hydrogens is 813 g/mol. The summed E-state index contributed by atoms with van der Waals surface area (Å²) in [6, 6.07) is 14.4. The van der Waals surface area contributed by atoms with Crippen LogP contribution < -0.4 is 5.69 Å². The van der Waals surface area contributed by atoms with Crippen LogP contribution in [-0.4, -0.2) is 72.9 Å². The van der Waals surface area contributed by atoms with E-state index in [0.29, 0.717) is 77.1 Å². The Morgan fingerprint density at radius 1 is 1.00 bits per heavy atom. The van der Waals surface area contributed by atoms with Crippen LogP contribution in [0.4, 0.5) is 8.78 Å². The molecule has 318 valence electrons. The first-order valence-electron chi connectivity index (χ1n) is 20.7. The number of carbonyl (C=O) groups excluding carboxylic acids is 1. The van der Waals surface area contributed by atoms with Gasteiger partial charge in [0.05, 0.1) is 52.4 Å². The molecule has 7 heterocycles. The number of amides is 1. The summed E-state index contributed by atoms with van der Waals surface area (Å²) in [7, 11) is 1.72. The highest BCUT2D eigenvalue weighted by molar-refractivity contribution is 7.13. The van der Waals surface area contributed by atoms with Crippen molar-refractivity contribution in [3.63, 3.8) is 0 Å². The van der Waals surface area contributed by atoms with Gasteiger partial charge in [-0.3, -0.25) is 18.6 Å². The molecular formula is C46H45F2N9O4S. The zero-order chi connectivity index (χ0) is 43.4. The van der Waals surface area contributed by atoms with Crippen LogP contribution >= 0.6 is 11.3 Å². The molecule has 1 N–H and O–H groups in total. The number of nitrogens with zero attached hydrogens (tertiary/aromatic N) is 9. The van der Waals surface area contributed by atoms with Gasteiger partial charge in [0.2, 0.25) is 0 Å². The Balaban J connectivity index is 1.09. The number of halogens is 2. The second-order valence-corrected chi connectivity index (χ2v) is 18.3. The Morgan fingerprint density at radius 3 is 2.50 bits per heavy atom. The first kappa shape index (κ1) is 39.7. The molecule has 1 fully saturated rings. The zero-order valence-electron chi connectivity index (χ0n) is 35.2. The van der Waals surface area contributed by atoms with Crippen molar-refractivity contribution in [2.45, 2.75) is 78.0 Å². The summed E-state index contributed by atoms with van der Waals surface area (Å²) in [6.45, 7) is 10.8. The number of hydrogen-bond donors (Lipinski definition) is 1. The lowest BCUT2D eigenvalue weighted by molar-refractivity contribution is -0.0592. The van der Waals surface area contributed by atoms with E-state index in [0.717, 1.165) is 40.0 Å². The van der Waals surface area contributed by atoms with Gasteiger partial charge in [-0.15, -0.1) is 0 Å². The molecule has 2 atom stereocenters. The number of fused-ring (bicyclic) bond motifs is 3. The number of rotatable bonds is 7. The molecule has 1 amide bonds. The molecule has 0 saturated carbocycles. The van der Waals surface area contributed by atoms with Crippen molar-refractivity contribution in [3.05, 3.63) is 134 Å². The van der Waals surface area contributed by atoms with Crippen molar-refractivity contribution >= 4 is 39.0 Å². The van der Waals surface area contributed by atoms with E-state index in [1.165, 1.54) is 27.1 Å². The molecule has 2 aliphatic heterocycles. The molecule has 62 heavy (non-hydrogen) atoms. The fraction of sp³-hybridized carbons (Fsp3) is 0.326. The Bertz CT molecular complexity index is 3140. The molecule has 3 aromatic carbocycles. The normalized spacial score (nSPS) is 17.6. The smallest absolute Gasteiger partial charge is 0.338 e. The molecule has 0 spiro atoms. The number of aromatic nitrogens is 8. The van der Waals surface area contributed by atoms with E-state index in [2.05, 4.69) is 42.1 Å². The lowest BCUT2D eigenvalue weighted by atomic mass is 9.83. The topological polar surface area (TPSA) is 130 Å². The Labute approximate surface area is 359 Å². The molecule has 0 aliphatic carbocycles. The lowest BCUT2D eigenvalue weighted by Gasteiger charge is -2.35. The maximum absolute atomic E-state index is 16.1. The van der Waals surface area contributed by atoms with Crippen molar-refractivity contribution < 1.29 is 23.4 Å². The monoisotopic (exact) mass is 857 g/mol. The summed E-state index contributed by atoms with van der Waals surface area (Å²) in [5.41, 5.74) is 5.07. The third-order valence-corrected chi connectivity index (χ3v) is 13.4. The van der Waals surface area contributed by atoms with E-state index in [1.807, 2.05) is 17.6 Å². The first-order chi connectivity index (χ1) is 29.7. The van der Waals surface area contributed by atoms with E-state index in [9.17, 15) is 9.90 Å². The van der Waals surface area contributed by atoms with Crippen LogP contribution in [0.1, 0.15) is 88.9 Å². The maximum Gasteiger partial charge on any atom is 0.338 e. The van der Waals surface area contributed by atoms with Gasteiger partial charge in [-0.25, -0.2) is 23.2 Å². The second-order valence-electron chi connectivity index (χ2n) is 17.2. The predicted molar refractivity (Wildman–Crippen MR) is 232 cm³/mol. The number of aryl methyl sites for hydroxylation is 3. The van der Waals surface area contributed by atoms with Gasteiger partial charge < -0.3 is 19.3 Å². The summed E-state index contributed by atoms with van der Waals surface area (Å²) in [6.07, 6.45) is 8.29. The largest absolute Gasteiger partial charge is 0.486 e. The summed E-state index contributed by atoms with van der Waals surface area (Å²) in [5.74, 6) is -0.470. The number of benzene rings is 3. The summed E-state index contributed by atoms with van der Waals surface area (Å²) in [4.78, 5) is 36.4. The van der Waals surface area contributed by atoms with Crippen molar-refractivity contribution in [2.24, 2.45) is 7.05 Å². The molecule has 0 unspecified atom stereocenters. The average Bonchev–Trinajstić information content (AvgIpc) is 4.08. The van der Waals surface area contributed by atoms with Crippen LogP contribution in [0.2, 0.25) is 0 Å². The number of carbonyl (C=O) groups is 1. The van der Waals surface area contributed by atoms with Gasteiger partial charge in [-0.1, -0.05) is 17.4 Å². The number of hydrogen-bond acceptors (Lipinski definition) is 8. The van der Waals surface area contributed by atoms with E-state index < -0.39 is 17.5 Å². The van der Waals surface area contributed by atoms with Crippen molar-refractivity contribution in [1.82, 2.24) is 43.1 Å². The molecule has 1 saturated heterocycles. The minimum Gasteiger partial charge on any atom is -0.486 e. The third kappa shape index (κ3) is 6.46. The third-order valence-electron chi connectivity index (χ3n) is 12.7. The highest BCUT2D eigenvalue weighted by Gasteiger charge is 2.37. The van der Waals surface area contributed by atoms with Gasteiger partial charge in [0.15, 0.2) is 5.82 Å². The SMILES string of the molecule is Cc1cc(-n2nc3c(c2-n2ccn(-c4ccc5c(cnn5C)c4F)c2=O)[C@H](C)N(C(=O)c2cc4cc([C@@H]5CCOC(C)(C)C5)ccc4n2Cc2cnc(O)s2)CC3)cc(C)c1F. The van der Waals surface area contributed by atoms with Crippen molar-refractivity contribution in [2.75, 3.05) is 13.2 Å². The molecule has 0 bridgehead atoms. The second kappa shape index (κ2) is 14.6. The van der Waals surface area contributed by atoms with Gasteiger partial charge in [0.1, 0.15) is 17.3 Å². The van der Waals surface area contributed by atoms with Crippen LogP contribution in [0.3, 0.4) is 0 Å². The molecule has 2 aliphatic rings. The molecule has 10 rings (SSSR count). The quantitative estimate of drug-likeness (QED) is 0.171. The van der Waals surface area contributed by atoms with E-state index in [-0.39, 0.29) is 33.6 Å². The van der Waals surface area contributed by atoms with Gasteiger partial charge in [0.25, 0.3) is 11.1 Å². The van der Waals surface area contributed by atoms with Crippen LogP contribution in [0.25, 0.3) is 39.0 Å². The molecule has 8 aromatic rings. The van der Waals surface area contributed by atoms with Gasteiger partial charge >= 0.3 is 5.69 Å². The molecule has 16 heteroatoms. The summed E-state index contributed by atoms with van der Waals surface area (Å²) >= 11 is 1.16. The van der Waals surface area contributed by atoms with Crippen molar-refractivity contribution in [1.29, 1.82) is 0 Å². The van der Waals surface area contributed by atoms with E-state index in [4.69, 9.17) is 9.84 Å². The summed E-state index contributed by atoms with van der Waals surface area (Å²) < 4.78 is 45.0. The standard InChI is InChI=1S/C46H45F2N9O4S/c1-25-17-31(18-26(2)40(25)47)57-42(55-15-14-54(45(55)60)37-10-9-36-33(41(37)48)23-50-52(36)6)39-27(3)53(13-11-34(39)51-57)43(58)38-20-30-19-28(29-12-16-61-46(4,5)21-29)7-8-35(30)56(38)24-32-22-49-44(59)62-32/h7-10,14-15,17-20,22-23,27,29H,11-13,16,21,24H2,1-6H3,(H,49,59)/t27-,29+/m0/s1. The highest BCUT2D eigenvalue weighted by Crippen LogP contribution is 2.40. The van der Waals surface area contributed by atoms with Crippen LogP contribution in [0.15, 0.2) is 78.1 Å². The minimum atomic E-state index is -0.589. The fourth-order valence-corrected chi connectivity index (χ4v) is 10.2. The van der Waals surface area contributed by atoms with Gasteiger partial charge in [-0.05, 0) is 113 Å². The number of ether oxygens (including phenoxy) is 1. The molecule has 0 radical (unpaired) electrons. The van der Waals surface area contributed by atoms with Crippen molar-refractivity contribution in [3.8, 4) is 22.4 Å². The Kier molecular flexibility index (Phi) is 9.37. The fourth-order valence-electron chi connectivity index (χ4n) is 9.56. The lowest BCUT2D eigenvalue weighted by Crippen LogP contribution is -2.40. The van der Waals surface area contributed by atoms with Crippen LogP contribution in [0, 0.1) is 25.5 Å². The highest BCUT2D eigenvalue weighted by atomic mass is 32.1. The molecule has 13 nitrogen and oxygen atoms in total. The van der Waals surface area contributed by atoms with Crippen LogP contribution in [0.5, 0.6) is 5.19 Å². The van der Waals surface area contributed by atoms with E-state index in [1.54, 1.807) is 71.8 Å². The summed E-state index contributed by atoms with van der Waals surface area (Å²) in [5, 5.41) is 20.5. The number of thiazole rings is 1. The predicted octanol–water partition coefficient (Wildman–Crippen LogP) is 8.19. The van der Waals surface area contributed by atoms with Crippen LogP contribution in [-0.2, 0) is 24.8 Å². The number of aromatic hydroxyl groups is 1. The minimum absolute atomic E-state index is 0.0496. The molecule has 5 aromatic heterocycles. The maximum atomic E-state index is 16.1. The Hall–Kier alpha value is -6.39. The average molecular weight is 858 g/mol. The number of imidazole rings is 1. The Morgan fingerprint density at radius 2 is 1.76 bits per heavy atom. The van der Waals surface area contributed by atoms with Gasteiger partial charge in [0, 0.05) is 66.6 Å². The van der Waals surface area contributed by atoms with E-state index >= 15 is 13.6 Å².